The highest BCUT2D eigenvalue weighted by Crippen LogP contribution is 2.19. The smallest absolute Gasteiger partial charge is 0.262 e. The van der Waals surface area contributed by atoms with Crippen molar-refractivity contribution in [2.24, 2.45) is 0 Å². The quantitative estimate of drug-likeness (QED) is 0.604. The van der Waals surface area contributed by atoms with Crippen molar-refractivity contribution in [3.05, 3.63) is 88.4 Å². The molecule has 1 saturated heterocycles. The van der Waals surface area contributed by atoms with Crippen LogP contribution in [0.1, 0.15) is 47.0 Å². The Kier molecular flexibility index (Phi) is 8.99. The highest BCUT2D eigenvalue weighted by Gasteiger charge is 2.30. The third kappa shape index (κ3) is 7.02. The molecular weight excluding hydrogens is 418 g/mol. The molecule has 1 aliphatic heterocycles. The van der Waals surface area contributed by atoms with Gasteiger partial charge in [-0.05, 0) is 61.7 Å². The minimum atomic E-state index is -0.530. The van der Waals surface area contributed by atoms with Crippen molar-refractivity contribution in [2.45, 2.75) is 51.6 Å². The summed E-state index contributed by atoms with van der Waals surface area (Å²) < 4.78 is 0. The molecule has 1 unspecified atom stereocenters. The van der Waals surface area contributed by atoms with Crippen molar-refractivity contribution >= 4 is 23.2 Å². The number of hydrogen-bond donors (Lipinski definition) is 1. The topological polar surface area (TPSA) is 62.3 Å². The number of benzene rings is 1. The van der Waals surface area contributed by atoms with Crippen LogP contribution in [0.5, 0.6) is 0 Å². The molecule has 168 valence electrons. The minimum Gasteiger partial charge on any atom is -0.339 e. The maximum atomic E-state index is 13.1. The summed E-state index contributed by atoms with van der Waals surface area (Å²) in [4.78, 5) is 32.1. The van der Waals surface area contributed by atoms with E-state index in [0.29, 0.717) is 11.3 Å². The lowest BCUT2D eigenvalue weighted by Crippen LogP contribution is -2.53. The van der Waals surface area contributed by atoms with Gasteiger partial charge in [-0.15, -0.1) is 11.3 Å². The Morgan fingerprint density at radius 3 is 2.53 bits per heavy atom. The van der Waals surface area contributed by atoms with Gasteiger partial charge >= 0.3 is 0 Å². The van der Waals surface area contributed by atoms with Gasteiger partial charge in [0.1, 0.15) is 6.04 Å². The average molecular weight is 450 g/mol. The van der Waals surface area contributed by atoms with Crippen LogP contribution >= 0.6 is 11.3 Å². The second kappa shape index (κ2) is 12.2. The summed E-state index contributed by atoms with van der Waals surface area (Å²) in [5, 5.41) is 4.84. The van der Waals surface area contributed by atoms with E-state index in [1.807, 2.05) is 71.9 Å². The lowest BCUT2D eigenvalue weighted by molar-refractivity contribution is -0.136. The standard InChI is InChI=1S/C20H24N2O2S.C6H7N/c1-15-8-5-6-12-22(15)20(24)17(14-16-9-3-2-4-10-16)21-19(23)18-11-7-13-25-18;1-6-3-2-4-7-5-6/h2-4,7,9-11,13,15,17H,5-6,8,12,14H2,1H3,(H,21,23);2-5H,1H3/t15?,17-;/m0./s1. The Balaban J connectivity index is 0.000000352. The minimum absolute atomic E-state index is 0.0287. The molecule has 5 nitrogen and oxygen atoms in total. The SMILES string of the molecule is CC1CCCCN1C(=O)[C@H](Cc1ccccc1)NC(=O)c1cccs1.Cc1cccnc1. The highest BCUT2D eigenvalue weighted by atomic mass is 32.1. The lowest BCUT2D eigenvalue weighted by atomic mass is 9.99. The van der Waals surface area contributed by atoms with Crippen molar-refractivity contribution in [1.82, 2.24) is 15.2 Å². The Hall–Kier alpha value is -2.99. The van der Waals surface area contributed by atoms with Gasteiger partial charge in [0.05, 0.1) is 4.88 Å². The first-order valence-corrected chi connectivity index (χ1v) is 12.0. The Morgan fingerprint density at radius 2 is 1.94 bits per heavy atom. The lowest BCUT2D eigenvalue weighted by Gasteiger charge is -2.36. The zero-order valence-corrected chi connectivity index (χ0v) is 19.6. The van der Waals surface area contributed by atoms with Gasteiger partial charge in [0.15, 0.2) is 0 Å². The molecule has 3 heterocycles. The van der Waals surface area contributed by atoms with E-state index in [9.17, 15) is 9.59 Å². The first-order valence-electron chi connectivity index (χ1n) is 11.1. The molecule has 3 aromatic rings. The van der Waals surface area contributed by atoms with Gasteiger partial charge in [-0.1, -0.05) is 42.5 Å². The summed E-state index contributed by atoms with van der Waals surface area (Å²) in [5.41, 5.74) is 2.26. The number of hydrogen-bond acceptors (Lipinski definition) is 4. The molecule has 4 rings (SSSR count). The molecule has 0 radical (unpaired) electrons. The summed E-state index contributed by atoms with van der Waals surface area (Å²) in [7, 11) is 0. The third-order valence-electron chi connectivity index (χ3n) is 5.53. The van der Waals surface area contributed by atoms with Crippen molar-refractivity contribution in [3.8, 4) is 0 Å². The monoisotopic (exact) mass is 449 g/mol. The molecule has 1 aromatic carbocycles. The van der Waals surface area contributed by atoms with Crippen molar-refractivity contribution in [2.75, 3.05) is 6.54 Å². The number of amides is 2. The molecule has 1 fully saturated rings. The van der Waals surface area contributed by atoms with E-state index in [0.717, 1.165) is 31.4 Å². The largest absolute Gasteiger partial charge is 0.339 e. The zero-order chi connectivity index (χ0) is 22.8. The van der Waals surface area contributed by atoms with Crippen LogP contribution in [0.25, 0.3) is 0 Å². The van der Waals surface area contributed by atoms with Gasteiger partial charge in [0, 0.05) is 31.4 Å². The molecule has 0 saturated carbocycles. The van der Waals surface area contributed by atoms with Crippen LogP contribution in [-0.2, 0) is 11.2 Å². The van der Waals surface area contributed by atoms with Crippen molar-refractivity contribution in [1.29, 1.82) is 0 Å². The summed E-state index contributed by atoms with van der Waals surface area (Å²) in [6.45, 7) is 4.89. The number of carbonyl (C=O) groups excluding carboxylic acids is 2. The maximum Gasteiger partial charge on any atom is 0.262 e. The predicted octanol–water partition coefficient (Wildman–Crippen LogP) is 4.88. The molecule has 0 aliphatic carbocycles. The van der Waals surface area contributed by atoms with Crippen molar-refractivity contribution in [3.63, 3.8) is 0 Å². The number of thiophene rings is 1. The van der Waals surface area contributed by atoms with E-state index in [-0.39, 0.29) is 17.9 Å². The van der Waals surface area contributed by atoms with Gasteiger partial charge in [-0.3, -0.25) is 14.6 Å². The van der Waals surface area contributed by atoms with Gasteiger partial charge in [0.25, 0.3) is 5.91 Å². The molecule has 2 amide bonds. The Labute approximate surface area is 194 Å². The summed E-state index contributed by atoms with van der Waals surface area (Å²) in [5.74, 6) is -0.144. The fourth-order valence-corrected chi connectivity index (χ4v) is 4.39. The fraction of sp³-hybridized carbons (Fsp3) is 0.346. The van der Waals surface area contributed by atoms with E-state index >= 15 is 0 Å². The number of likely N-dealkylation sites (tertiary alicyclic amines) is 1. The Morgan fingerprint density at radius 1 is 1.12 bits per heavy atom. The van der Waals surface area contributed by atoms with Crippen LogP contribution in [0.15, 0.2) is 72.4 Å². The van der Waals surface area contributed by atoms with E-state index < -0.39 is 6.04 Å². The summed E-state index contributed by atoms with van der Waals surface area (Å²) in [6.07, 6.45) is 7.35. The molecule has 32 heavy (non-hydrogen) atoms. The summed E-state index contributed by atoms with van der Waals surface area (Å²) in [6, 6.07) is 17.2. The van der Waals surface area contributed by atoms with Crippen LogP contribution in [0.2, 0.25) is 0 Å². The van der Waals surface area contributed by atoms with E-state index in [1.165, 1.54) is 16.9 Å². The van der Waals surface area contributed by atoms with E-state index in [2.05, 4.69) is 17.2 Å². The molecule has 0 bridgehead atoms. The fourth-order valence-electron chi connectivity index (χ4n) is 3.76. The number of pyridine rings is 1. The van der Waals surface area contributed by atoms with Gasteiger partial charge in [-0.25, -0.2) is 0 Å². The number of nitrogens with zero attached hydrogens (tertiary/aromatic N) is 2. The van der Waals surface area contributed by atoms with Gasteiger partial charge in [-0.2, -0.15) is 0 Å². The highest BCUT2D eigenvalue weighted by molar-refractivity contribution is 7.12. The molecule has 2 atom stereocenters. The third-order valence-corrected chi connectivity index (χ3v) is 6.40. The van der Waals surface area contributed by atoms with Crippen LogP contribution in [0.4, 0.5) is 0 Å². The zero-order valence-electron chi connectivity index (χ0n) is 18.7. The number of rotatable bonds is 5. The molecule has 0 spiro atoms. The molecule has 1 N–H and O–H groups in total. The second-order valence-corrected chi connectivity index (χ2v) is 9.05. The number of aromatic nitrogens is 1. The van der Waals surface area contributed by atoms with Crippen molar-refractivity contribution < 1.29 is 9.59 Å². The first-order chi connectivity index (χ1) is 15.5. The molecule has 2 aromatic heterocycles. The molecule has 6 heteroatoms. The molecular formula is C26H31N3O2S. The number of carbonyl (C=O) groups is 2. The normalized spacial score (nSPS) is 16.4. The maximum absolute atomic E-state index is 13.1. The van der Waals surface area contributed by atoms with Crippen LogP contribution < -0.4 is 5.32 Å². The Bertz CT molecular complexity index is 961. The number of aryl methyl sites for hydroxylation is 1. The van der Waals surface area contributed by atoms with Crippen LogP contribution in [0, 0.1) is 6.92 Å². The second-order valence-electron chi connectivity index (χ2n) is 8.10. The average Bonchev–Trinajstić information content (AvgIpc) is 3.35. The first kappa shape index (κ1) is 23.7. The molecule has 1 aliphatic rings. The van der Waals surface area contributed by atoms with E-state index in [1.54, 1.807) is 12.3 Å². The van der Waals surface area contributed by atoms with E-state index in [4.69, 9.17) is 0 Å². The number of piperidine rings is 1. The predicted molar refractivity (Wildman–Crippen MR) is 130 cm³/mol. The van der Waals surface area contributed by atoms with Gasteiger partial charge < -0.3 is 10.2 Å². The van der Waals surface area contributed by atoms with Crippen LogP contribution in [-0.4, -0.2) is 40.3 Å². The number of nitrogens with one attached hydrogen (secondary N) is 1. The summed E-state index contributed by atoms with van der Waals surface area (Å²) >= 11 is 1.39. The van der Waals surface area contributed by atoms with Crippen LogP contribution in [0.3, 0.4) is 0 Å². The van der Waals surface area contributed by atoms with Gasteiger partial charge in [0.2, 0.25) is 5.91 Å².